The molecule has 0 unspecified atom stereocenters. The van der Waals surface area contributed by atoms with Gasteiger partial charge >= 0.3 is 5.69 Å². The Morgan fingerprint density at radius 1 is 1.00 bits per heavy atom. The van der Waals surface area contributed by atoms with Crippen molar-refractivity contribution < 1.29 is 4.39 Å². The van der Waals surface area contributed by atoms with E-state index < -0.39 is 11.5 Å². The lowest BCUT2D eigenvalue weighted by Gasteiger charge is -2.34. The average Bonchev–Trinajstić information content (AvgIpc) is 3.09. The fraction of sp³-hybridized carbons (Fsp3) is 0.300. The van der Waals surface area contributed by atoms with E-state index in [0.29, 0.717) is 16.9 Å². The summed E-state index contributed by atoms with van der Waals surface area (Å²) in [6.45, 7) is 5.55. The van der Waals surface area contributed by atoms with Gasteiger partial charge in [-0.25, -0.2) is 23.6 Å². The van der Waals surface area contributed by atoms with E-state index >= 15 is 0 Å². The van der Waals surface area contributed by atoms with Gasteiger partial charge in [0.25, 0.3) is 0 Å². The van der Waals surface area contributed by atoms with Gasteiger partial charge in [0.05, 0.1) is 11.4 Å². The highest BCUT2D eigenvalue weighted by Crippen LogP contribution is 2.21. The molecule has 5 heterocycles. The van der Waals surface area contributed by atoms with Crippen LogP contribution in [-0.2, 0) is 0 Å². The first-order valence-corrected chi connectivity index (χ1v) is 9.47. The standard InChI is InChI=1S/C20H20FN7O/c1-13-10-27-11-14(9-16(21)19(27)22-13)18-23-17-4-3-15(12-28(17)20(29)24-18)26-7-5-25(2)6-8-26/h3-4,9-12H,5-8H2,1-2H3. The molecule has 0 amide bonds. The molecule has 0 N–H and O–H groups in total. The molecule has 0 aromatic carbocycles. The summed E-state index contributed by atoms with van der Waals surface area (Å²) in [6, 6.07) is 5.07. The number of halogens is 1. The van der Waals surface area contributed by atoms with Crippen LogP contribution in [-0.4, -0.2) is 61.9 Å². The van der Waals surface area contributed by atoms with Gasteiger partial charge in [-0.15, -0.1) is 0 Å². The molecule has 4 aromatic rings. The van der Waals surface area contributed by atoms with Crippen molar-refractivity contribution in [3.8, 4) is 11.4 Å². The van der Waals surface area contributed by atoms with Gasteiger partial charge in [-0.3, -0.25) is 0 Å². The zero-order valence-corrected chi connectivity index (χ0v) is 16.2. The average molecular weight is 393 g/mol. The number of aromatic nitrogens is 5. The summed E-state index contributed by atoms with van der Waals surface area (Å²) in [4.78, 5) is 29.9. The number of piperazine rings is 1. The van der Waals surface area contributed by atoms with Crippen molar-refractivity contribution in [1.82, 2.24) is 28.7 Å². The Morgan fingerprint density at radius 3 is 2.59 bits per heavy atom. The van der Waals surface area contributed by atoms with Crippen LogP contribution in [0.3, 0.4) is 0 Å². The predicted octanol–water partition coefficient (Wildman–Crippen LogP) is 1.60. The molecule has 29 heavy (non-hydrogen) atoms. The van der Waals surface area contributed by atoms with Crippen molar-refractivity contribution >= 4 is 17.0 Å². The van der Waals surface area contributed by atoms with E-state index in [1.165, 1.54) is 10.5 Å². The van der Waals surface area contributed by atoms with Crippen LogP contribution in [0.1, 0.15) is 5.69 Å². The Kier molecular flexibility index (Phi) is 4.06. The largest absolute Gasteiger partial charge is 0.368 e. The van der Waals surface area contributed by atoms with Gasteiger partial charge in [0.15, 0.2) is 17.3 Å². The van der Waals surface area contributed by atoms with E-state index in [-0.39, 0.29) is 11.5 Å². The van der Waals surface area contributed by atoms with E-state index in [2.05, 4.69) is 31.8 Å². The second-order valence-corrected chi connectivity index (χ2v) is 7.43. The van der Waals surface area contributed by atoms with Gasteiger partial charge in [0.1, 0.15) is 5.65 Å². The highest BCUT2D eigenvalue weighted by Gasteiger charge is 2.16. The van der Waals surface area contributed by atoms with Gasteiger partial charge in [-0.1, -0.05) is 0 Å². The molecule has 1 aliphatic heterocycles. The Labute approximate surface area is 165 Å². The van der Waals surface area contributed by atoms with Crippen molar-refractivity contribution in [2.45, 2.75) is 6.92 Å². The first-order valence-electron chi connectivity index (χ1n) is 9.47. The lowest BCUT2D eigenvalue weighted by Crippen LogP contribution is -2.44. The molecular formula is C20H20FN7O. The maximum atomic E-state index is 14.4. The molecule has 5 rings (SSSR count). The van der Waals surface area contributed by atoms with E-state index in [0.717, 1.165) is 31.9 Å². The molecule has 1 aliphatic rings. The van der Waals surface area contributed by atoms with Crippen molar-refractivity contribution in [2.24, 2.45) is 0 Å². The quantitative estimate of drug-likeness (QED) is 0.515. The highest BCUT2D eigenvalue weighted by atomic mass is 19.1. The van der Waals surface area contributed by atoms with Crippen LogP contribution >= 0.6 is 0 Å². The van der Waals surface area contributed by atoms with Crippen molar-refractivity contribution in [2.75, 3.05) is 38.1 Å². The van der Waals surface area contributed by atoms with Gasteiger partial charge in [-0.2, -0.15) is 4.98 Å². The fourth-order valence-electron chi connectivity index (χ4n) is 3.69. The number of rotatable bonds is 2. The number of pyridine rings is 2. The number of nitrogens with zero attached hydrogens (tertiary/aromatic N) is 7. The second-order valence-electron chi connectivity index (χ2n) is 7.43. The monoisotopic (exact) mass is 393 g/mol. The summed E-state index contributed by atoms with van der Waals surface area (Å²) in [7, 11) is 2.10. The summed E-state index contributed by atoms with van der Waals surface area (Å²) in [6.07, 6.45) is 5.18. The number of hydrogen-bond donors (Lipinski definition) is 0. The Bertz CT molecular complexity index is 1290. The Morgan fingerprint density at radius 2 is 1.79 bits per heavy atom. The molecule has 8 nitrogen and oxygen atoms in total. The number of likely N-dealkylation sites (N-methyl/N-ethyl adjacent to an activating group) is 1. The van der Waals surface area contributed by atoms with Crippen molar-refractivity contribution in [3.63, 3.8) is 0 Å². The third kappa shape index (κ3) is 3.13. The molecule has 9 heteroatoms. The van der Waals surface area contributed by atoms with Crippen LogP contribution in [0.25, 0.3) is 22.7 Å². The summed E-state index contributed by atoms with van der Waals surface area (Å²) in [5, 5.41) is 0. The zero-order chi connectivity index (χ0) is 20.1. The molecule has 148 valence electrons. The van der Waals surface area contributed by atoms with E-state index in [1.54, 1.807) is 36.0 Å². The lowest BCUT2D eigenvalue weighted by molar-refractivity contribution is 0.313. The summed E-state index contributed by atoms with van der Waals surface area (Å²) in [5.74, 6) is -0.292. The SMILES string of the molecule is Cc1cn2cc(-c3nc(=O)n4cc(N5CCN(C)CC5)ccc4n3)cc(F)c2n1. The maximum Gasteiger partial charge on any atom is 0.355 e. The number of anilines is 1. The number of imidazole rings is 1. The minimum absolute atomic E-state index is 0.189. The van der Waals surface area contributed by atoms with E-state index in [9.17, 15) is 9.18 Å². The molecule has 0 aliphatic carbocycles. The lowest BCUT2D eigenvalue weighted by atomic mass is 10.2. The van der Waals surface area contributed by atoms with Crippen LogP contribution < -0.4 is 10.6 Å². The number of aryl methyl sites for hydroxylation is 1. The summed E-state index contributed by atoms with van der Waals surface area (Å²) >= 11 is 0. The van der Waals surface area contributed by atoms with E-state index in [4.69, 9.17) is 0 Å². The Hall–Kier alpha value is -3.33. The second kappa shape index (κ2) is 6.63. The van der Waals surface area contributed by atoms with Gasteiger partial charge < -0.3 is 14.2 Å². The topological polar surface area (TPSA) is 71.0 Å². The molecule has 4 aromatic heterocycles. The zero-order valence-electron chi connectivity index (χ0n) is 16.2. The maximum absolute atomic E-state index is 14.4. The molecule has 0 atom stereocenters. The van der Waals surface area contributed by atoms with Crippen LogP contribution in [0.4, 0.5) is 10.1 Å². The molecule has 1 saturated heterocycles. The van der Waals surface area contributed by atoms with Crippen molar-refractivity contribution in [3.05, 3.63) is 58.8 Å². The number of fused-ring (bicyclic) bond motifs is 2. The third-order valence-electron chi connectivity index (χ3n) is 5.29. The van der Waals surface area contributed by atoms with Gasteiger partial charge in [0.2, 0.25) is 0 Å². The van der Waals surface area contributed by atoms with Crippen LogP contribution in [0, 0.1) is 12.7 Å². The first-order chi connectivity index (χ1) is 14.0. The fourth-order valence-corrected chi connectivity index (χ4v) is 3.69. The predicted molar refractivity (Wildman–Crippen MR) is 108 cm³/mol. The van der Waals surface area contributed by atoms with E-state index in [1.807, 2.05) is 6.07 Å². The van der Waals surface area contributed by atoms with Crippen LogP contribution in [0.2, 0.25) is 0 Å². The van der Waals surface area contributed by atoms with Crippen molar-refractivity contribution in [1.29, 1.82) is 0 Å². The smallest absolute Gasteiger partial charge is 0.355 e. The molecular weight excluding hydrogens is 373 g/mol. The first kappa shape index (κ1) is 17.7. The number of hydrogen-bond acceptors (Lipinski definition) is 6. The van der Waals surface area contributed by atoms with Gasteiger partial charge in [-0.05, 0) is 32.2 Å². The molecule has 0 saturated carbocycles. The minimum atomic E-state index is -0.482. The van der Waals surface area contributed by atoms with Gasteiger partial charge in [0, 0.05) is 50.3 Å². The summed E-state index contributed by atoms with van der Waals surface area (Å²) < 4.78 is 17.4. The molecule has 0 spiro atoms. The van der Waals surface area contributed by atoms with Crippen LogP contribution in [0.5, 0.6) is 0 Å². The highest BCUT2D eigenvalue weighted by molar-refractivity contribution is 5.61. The Balaban J connectivity index is 1.57. The third-order valence-corrected chi connectivity index (χ3v) is 5.29. The molecule has 0 radical (unpaired) electrons. The molecule has 1 fully saturated rings. The normalized spacial score (nSPS) is 15.5. The minimum Gasteiger partial charge on any atom is -0.368 e. The van der Waals surface area contributed by atoms with Crippen LogP contribution in [0.15, 0.2) is 41.6 Å². The molecule has 0 bridgehead atoms. The summed E-state index contributed by atoms with van der Waals surface area (Å²) in [5.41, 5.74) is 2.36.